The lowest BCUT2D eigenvalue weighted by atomic mass is 10.2. The molecule has 0 aliphatic carbocycles. The monoisotopic (exact) mass is 272 g/mol. The van der Waals surface area contributed by atoms with E-state index in [4.69, 9.17) is 8.92 Å². The topological polar surface area (TPSA) is 52.6 Å². The summed E-state index contributed by atoms with van der Waals surface area (Å²) in [6.07, 6.45) is 0.568. The normalized spacial score (nSPS) is 11.9. The van der Waals surface area contributed by atoms with E-state index >= 15 is 0 Å². The third-order valence-electron chi connectivity index (χ3n) is 2.15. The Morgan fingerprint density at radius 3 is 2.39 bits per heavy atom. The van der Waals surface area contributed by atoms with Crippen LogP contribution in [-0.2, 0) is 19.0 Å². The molecule has 0 bridgehead atoms. The van der Waals surface area contributed by atoms with Gasteiger partial charge in [0, 0.05) is 13.2 Å². The highest BCUT2D eigenvalue weighted by molar-refractivity contribution is 7.86. The van der Waals surface area contributed by atoms with Crippen molar-refractivity contribution in [1.82, 2.24) is 0 Å². The number of benzene rings is 1. The van der Waals surface area contributed by atoms with Crippen LogP contribution in [-0.4, -0.2) is 28.2 Å². The summed E-state index contributed by atoms with van der Waals surface area (Å²) in [4.78, 5) is 0.188. The fourth-order valence-electron chi connectivity index (χ4n) is 1.30. The van der Waals surface area contributed by atoms with E-state index in [0.717, 1.165) is 0 Å². The molecule has 0 atom stereocenters. The second-order valence-electron chi connectivity index (χ2n) is 4.41. The summed E-state index contributed by atoms with van der Waals surface area (Å²) < 4.78 is 33.7. The van der Waals surface area contributed by atoms with E-state index < -0.39 is 10.1 Å². The van der Waals surface area contributed by atoms with Gasteiger partial charge in [-0.25, -0.2) is 0 Å². The van der Waals surface area contributed by atoms with Crippen molar-refractivity contribution >= 4 is 10.1 Å². The molecule has 0 unspecified atom stereocenters. The molecule has 0 heterocycles. The molecule has 0 saturated heterocycles. The van der Waals surface area contributed by atoms with Crippen LogP contribution in [0.1, 0.15) is 20.3 Å². The lowest BCUT2D eigenvalue weighted by Crippen LogP contribution is -2.10. The van der Waals surface area contributed by atoms with Crippen LogP contribution >= 0.6 is 0 Å². The summed E-state index contributed by atoms with van der Waals surface area (Å²) in [5.41, 5.74) is 0. The van der Waals surface area contributed by atoms with Crippen LogP contribution in [0.2, 0.25) is 0 Å². The van der Waals surface area contributed by atoms with Gasteiger partial charge in [-0.3, -0.25) is 4.18 Å². The van der Waals surface area contributed by atoms with Gasteiger partial charge in [-0.05, 0) is 24.5 Å². The van der Waals surface area contributed by atoms with Gasteiger partial charge in [0.15, 0.2) is 0 Å². The van der Waals surface area contributed by atoms with Gasteiger partial charge in [0.1, 0.15) is 0 Å². The second-order valence-corrected chi connectivity index (χ2v) is 6.03. The third-order valence-corrected chi connectivity index (χ3v) is 3.48. The molecule has 1 aromatic carbocycles. The molecule has 1 aromatic rings. The van der Waals surface area contributed by atoms with Gasteiger partial charge in [-0.1, -0.05) is 32.0 Å². The number of ether oxygens (including phenoxy) is 1. The van der Waals surface area contributed by atoms with Gasteiger partial charge in [0.05, 0.1) is 11.5 Å². The molecule has 0 saturated carbocycles. The Hall–Kier alpha value is -0.910. The predicted molar refractivity (Wildman–Crippen MR) is 69.9 cm³/mol. The van der Waals surface area contributed by atoms with E-state index in [0.29, 0.717) is 25.6 Å². The van der Waals surface area contributed by atoms with Crippen LogP contribution in [0.5, 0.6) is 0 Å². The standard InChI is InChI=1S/C13H20O4S/c1-12(2)11-16-9-6-10-17-18(14,15)13-7-4-3-5-8-13/h3-5,7-8,12H,6,9-11H2,1-2H3. The summed E-state index contributed by atoms with van der Waals surface area (Å²) in [7, 11) is -3.62. The van der Waals surface area contributed by atoms with E-state index in [9.17, 15) is 8.42 Å². The maximum atomic E-state index is 11.7. The minimum atomic E-state index is -3.62. The van der Waals surface area contributed by atoms with E-state index in [-0.39, 0.29) is 11.5 Å². The number of hydrogen-bond acceptors (Lipinski definition) is 4. The van der Waals surface area contributed by atoms with Crippen molar-refractivity contribution in [3.05, 3.63) is 30.3 Å². The fourth-order valence-corrected chi connectivity index (χ4v) is 2.27. The minimum absolute atomic E-state index is 0.148. The largest absolute Gasteiger partial charge is 0.381 e. The molecule has 0 radical (unpaired) electrons. The lowest BCUT2D eigenvalue weighted by molar-refractivity contribution is 0.0988. The highest BCUT2D eigenvalue weighted by atomic mass is 32.2. The molecule has 5 heteroatoms. The molecule has 0 spiro atoms. The predicted octanol–water partition coefficient (Wildman–Crippen LogP) is 2.45. The molecular formula is C13H20O4S. The van der Waals surface area contributed by atoms with Crippen molar-refractivity contribution in [2.24, 2.45) is 5.92 Å². The Bertz CT molecular complexity index is 426. The first-order valence-electron chi connectivity index (χ1n) is 6.04. The van der Waals surface area contributed by atoms with Crippen molar-refractivity contribution in [1.29, 1.82) is 0 Å². The molecule has 0 N–H and O–H groups in total. The maximum absolute atomic E-state index is 11.7. The molecule has 0 amide bonds. The van der Waals surface area contributed by atoms with Gasteiger partial charge in [-0.2, -0.15) is 8.42 Å². The summed E-state index contributed by atoms with van der Waals surface area (Å²) in [5, 5.41) is 0. The smallest absolute Gasteiger partial charge is 0.296 e. The summed E-state index contributed by atoms with van der Waals surface area (Å²) in [5.74, 6) is 0.485. The summed E-state index contributed by atoms with van der Waals surface area (Å²) >= 11 is 0. The molecule has 0 aliphatic heterocycles. The van der Waals surface area contributed by atoms with E-state index in [1.54, 1.807) is 18.2 Å². The second kappa shape index (κ2) is 7.51. The first-order chi connectivity index (χ1) is 8.52. The van der Waals surface area contributed by atoms with Crippen molar-refractivity contribution < 1.29 is 17.3 Å². The van der Waals surface area contributed by atoms with E-state index in [1.807, 2.05) is 0 Å². The molecule has 0 aromatic heterocycles. The van der Waals surface area contributed by atoms with Gasteiger partial charge in [-0.15, -0.1) is 0 Å². The first-order valence-corrected chi connectivity index (χ1v) is 7.45. The zero-order chi connectivity index (χ0) is 13.4. The summed E-state index contributed by atoms with van der Waals surface area (Å²) in [6, 6.07) is 8.14. The maximum Gasteiger partial charge on any atom is 0.296 e. The Kier molecular flexibility index (Phi) is 6.32. The van der Waals surface area contributed by atoms with Gasteiger partial charge >= 0.3 is 0 Å². The fraction of sp³-hybridized carbons (Fsp3) is 0.538. The van der Waals surface area contributed by atoms with Crippen LogP contribution in [0.15, 0.2) is 35.2 Å². The van der Waals surface area contributed by atoms with Crippen LogP contribution in [0.25, 0.3) is 0 Å². The SMILES string of the molecule is CC(C)COCCCOS(=O)(=O)c1ccccc1. The molecule has 0 aliphatic rings. The van der Waals surface area contributed by atoms with Gasteiger partial charge in [0.2, 0.25) is 0 Å². The zero-order valence-electron chi connectivity index (χ0n) is 10.8. The summed E-state index contributed by atoms with van der Waals surface area (Å²) in [6.45, 7) is 5.48. The van der Waals surface area contributed by atoms with E-state index in [1.165, 1.54) is 12.1 Å². The van der Waals surface area contributed by atoms with Crippen LogP contribution in [0.3, 0.4) is 0 Å². The Morgan fingerprint density at radius 2 is 1.78 bits per heavy atom. The Balaban J connectivity index is 2.27. The quantitative estimate of drug-likeness (QED) is 0.539. The molecule has 1 rings (SSSR count). The highest BCUT2D eigenvalue weighted by Crippen LogP contribution is 2.11. The molecule has 102 valence electrons. The van der Waals surface area contributed by atoms with Crippen molar-refractivity contribution in [3.63, 3.8) is 0 Å². The first kappa shape index (κ1) is 15.1. The van der Waals surface area contributed by atoms with Gasteiger partial charge in [0.25, 0.3) is 10.1 Å². The number of rotatable bonds is 8. The third kappa shape index (κ3) is 5.62. The number of hydrogen-bond donors (Lipinski definition) is 0. The van der Waals surface area contributed by atoms with Crippen molar-refractivity contribution in [2.45, 2.75) is 25.2 Å². The molecule has 4 nitrogen and oxygen atoms in total. The van der Waals surface area contributed by atoms with E-state index in [2.05, 4.69) is 13.8 Å². The molecular weight excluding hydrogens is 252 g/mol. The van der Waals surface area contributed by atoms with Gasteiger partial charge < -0.3 is 4.74 Å². The van der Waals surface area contributed by atoms with Crippen LogP contribution in [0.4, 0.5) is 0 Å². The highest BCUT2D eigenvalue weighted by Gasteiger charge is 2.13. The van der Waals surface area contributed by atoms with Crippen LogP contribution < -0.4 is 0 Å². The minimum Gasteiger partial charge on any atom is -0.381 e. The average molecular weight is 272 g/mol. The molecule has 18 heavy (non-hydrogen) atoms. The zero-order valence-corrected chi connectivity index (χ0v) is 11.7. The Labute approximate surface area is 109 Å². The van der Waals surface area contributed by atoms with Crippen molar-refractivity contribution in [2.75, 3.05) is 19.8 Å². The van der Waals surface area contributed by atoms with Crippen molar-refractivity contribution in [3.8, 4) is 0 Å². The average Bonchev–Trinajstić information content (AvgIpc) is 2.34. The Morgan fingerprint density at radius 1 is 1.11 bits per heavy atom. The van der Waals surface area contributed by atoms with Crippen LogP contribution in [0, 0.1) is 5.92 Å². The molecule has 0 fully saturated rings. The lowest BCUT2D eigenvalue weighted by Gasteiger charge is -2.07.